The molecule has 1 amide bonds. The number of fused-ring (bicyclic) bond motifs is 2. The molecule has 2 N–H and O–H groups in total. The largest absolute Gasteiger partial charge is 0.426 e. The maximum atomic E-state index is 12.7. The number of aromatic nitrogens is 3. The van der Waals surface area contributed by atoms with Gasteiger partial charge in [-0.2, -0.15) is 4.98 Å². The number of likely N-dealkylation sites (tertiary alicyclic amines) is 1. The lowest BCUT2D eigenvalue weighted by Crippen LogP contribution is -2.30. The molecule has 0 saturated carbocycles. The highest BCUT2D eigenvalue weighted by Crippen LogP contribution is 2.30. The second-order valence-electron chi connectivity index (χ2n) is 7.44. The first-order chi connectivity index (χ1) is 14.6. The number of amides is 1. The van der Waals surface area contributed by atoms with Gasteiger partial charge >= 0.3 is 6.01 Å². The predicted molar refractivity (Wildman–Crippen MR) is 112 cm³/mol. The summed E-state index contributed by atoms with van der Waals surface area (Å²) in [6.45, 7) is 1.57. The topological polar surface area (TPSA) is 112 Å². The second kappa shape index (κ2) is 7.22. The maximum absolute atomic E-state index is 12.7. The van der Waals surface area contributed by atoms with E-state index >= 15 is 0 Å². The van der Waals surface area contributed by atoms with Gasteiger partial charge in [-0.1, -0.05) is 6.07 Å². The fraction of sp³-hybridized carbons (Fsp3) is 0.227. The Balaban J connectivity index is 1.43. The van der Waals surface area contributed by atoms with Crippen LogP contribution in [-0.4, -0.2) is 44.6 Å². The van der Waals surface area contributed by atoms with Crippen LogP contribution in [0.25, 0.3) is 17.0 Å². The number of nitrogens with one attached hydrogen (secondary N) is 2. The summed E-state index contributed by atoms with van der Waals surface area (Å²) < 4.78 is 5.75. The Morgan fingerprint density at radius 1 is 1.20 bits per heavy atom. The summed E-state index contributed by atoms with van der Waals surface area (Å²) in [5.41, 5.74) is 2.66. The fourth-order valence-corrected chi connectivity index (χ4v) is 3.90. The Morgan fingerprint density at radius 2 is 2.03 bits per heavy atom. The number of aromatic amines is 1. The van der Waals surface area contributed by atoms with Gasteiger partial charge in [-0.05, 0) is 42.7 Å². The molecule has 0 atom stereocenters. The third kappa shape index (κ3) is 3.26. The highest BCUT2D eigenvalue weighted by Gasteiger charge is 2.26. The molecule has 0 bridgehead atoms. The average Bonchev–Trinajstić information content (AvgIpc) is 3.28. The van der Waals surface area contributed by atoms with Gasteiger partial charge in [0.25, 0.3) is 5.56 Å². The minimum Gasteiger partial charge on any atom is -0.426 e. The van der Waals surface area contributed by atoms with Crippen LogP contribution in [0.3, 0.4) is 0 Å². The van der Waals surface area contributed by atoms with Gasteiger partial charge in [0, 0.05) is 42.6 Å². The van der Waals surface area contributed by atoms with Gasteiger partial charge in [0.15, 0.2) is 0 Å². The SMILES string of the molecule is N=C1CC(C(=O)N2CCCC2)=Cc2ccc(Oc3nc4cnccc4c(=O)[nH]3)cc21. The lowest BCUT2D eigenvalue weighted by Gasteiger charge is -2.22. The molecular weight excluding hydrogens is 382 g/mol. The van der Waals surface area contributed by atoms with E-state index < -0.39 is 0 Å². The van der Waals surface area contributed by atoms with Crippen molar-refractivity contribution in [3.8, 4) is 11.8 Å². The number of hydrogen-bond donors (Lipinski definition) is 2. The minimum absolute atomic E-state index is 0.0229. The number of pyridine rings is 1. The first-order valence-corrected chi connectivity index (χ1v) is 9.82. The molecule has 2 aromatic heterocycles. The molecule has 0 radical (unpaired) electrons. The minimum atomic E-state index is -0.309. The molecule has 5 rings (SSSR count). The van der Waals surface area contributed by atoms with Crippen LogP contribution in [0.15, 0.2) is 47.0 Å². The molecule has 8 heteroatoms. The summed E-state index contributed by atoms with van der Waals surface area (Å²) >= 11 is 0. The van der Waals surface area contributed by atoms with Crippen molar-refractivity contribution in [3.63, 3.8) is 0 Å². The first-order valence-electron chi connectivity index (χ1n) is 9.82. The number of ether oxygens (including phenoxy) is 1. The summed E-state index contributed by atoms with van der Waals surface area (Å²) in [5.74, 6) is 0.474. The second-order valence-corrected chi connectivity index (χ2v) is 7.44. The van der Waals surface area contributed by atoms with Crippen LogP contribution in [0, 0.1) is 5.41 Å². The number of H-pyrrole nitrogens is 1. The normalized spacial score (nSPS) is 15.8. The number of benzene rings is 1. The first kappa shape index (κ1) is 18.2. The molecule has 2 aliphatic rings. The summed E-state index contributed by atoms with van der Waals surface area (Å²) in [5, 5.41) is 8.87. The lowest BCUT2D eigenvalue weighted by atomic mass is 9.89. The standard InChI is InChI=1S/C22H19N5O3/c23-18-10-14(21(29)27-7-1-2-8-27)9-13-3-4-15(11-17(13)18)30-22-25-19-12-24-6-5-16(19)20(28)26-22/h3-6,9,11-12,23H,1-2,7-8,10H2,(H,25,26,28). The molecule has 3 heterocycles. The molecule has 30 heavy (non-hydrogen) atoms. The molecule has 3 aromatic rings. The van der Waals surface area contributed by atoms with Gasteiger partial charge in [-0.3, -0.25) is 19.6 Å². The lowest BCUT2D eigenvalue weighted by molar-refractivity contribution is -0.126. The van der Waals surface area contributed by atoms with Crippen LogP contribution in [0.1, 0.15) is 30.4 Å². The van der Waals surface area contributed by atoms with Crippen LogP contribution >= 0.6 is 0 Å². The summed E-state index contributed by atoms with van der Waals surface area (Å²) in [4.78, 5) is 37.6. The number of hydrogen-bond acceptors (Lipinski definition) is 6. The van der Waals surface area contributed by atoms with E-state index in [4.69, 9.17) is 10.1 Å². The van der Waals surface area contributed by atoms with Crippen LogP contribution in [0.2, 0.25) is 0 Å². The molecule has 1 saturated heterocycles. The van der Waals surface area contributed by atoms with E-state index in [2.05, 4.69) is 15.0 Å². The summed E-state index contributed by atoms with van der Waals surface area (Å²) in [7, 11) is 0. The molecule has 1 aromatic carbocycles. The van der Waals surface area contributed by atoms with E-state index in [0.717, 1.165) is 31.5 Å². The van der Waals surface area contributed by atoms with Gasteiger partial charge in [-0.15, -0.1) is 0 Å². The number of nitrogens with zero attached hydrogens (tertiary/aromatic N) is 3. The average molecular weight is 401 g/mol. The molecule has 0 unspecified atom stereocenters. The van der Waals surface area contributed by atoms with Crippen LogP contribution in [-0.2, 0) is 4.79 Å². The predicted octanol–water partition coefficient (Wildman–Crippen LogP) is 2.89. The van der Waals surface area contributed by atoms with Crippen molar-refractivity contribution in [1.82, 2.24) is 19.9 Å². The van der Waals surface area contributed by atoms with E-state index in [1.165, 1.54) is 12.4 Å². The Bertz CT molecular complexity index is 1270. The molecule has 0 spiro atoms. The third-order valence-corrected chi connectivity index (χ3v) is 5.42. The molecule has 1 aliphatic carbocycles. The summed E-state index contributed by atoms with van der Waals surface area (Å²) in [6, 6.07) is 6.94. The van der Waals surface area contributed by atoms with Gasteiger partial charge in [0.1, 0.15) is 5.75 Å². The Morgan fingerprint density at radius 3 is 2.87 bits per heavy atom. The van der Waals surface area contributed by atoms with Crippen LogP contribution < -0.4 is 10.3 Å². The van der Waals surface area contributed by atoms with Gasteiger partial charge in [-0.25, -0.2) is 0 Å². The van der Waals surface area contributed by atoms with Crippen molar-refractivity contribution < 1.29 is 9.53 Å². The van der Waals surface area contributed by atoms with Crippen molar-refractivity contribution in [2.45, 2.75) is 19.3 Å². The zero-order chi connectivity index (χ0) is 20.7. The van der Waals surface area contributed by atoms with Gasteiger partial charge in [0.05, 0.1) is 17.1 Å². The van der Waals surface area contributed by atoms with Crippen molar-refractivity contribution in [2.24, 2.45) is 0 Å². The van der Waals surface area contributed by atoms with E-state index in [-0.39, 0.29) is 17.5 Å². The number of carbonyl (C=O) groups is 1. The van der Waals surface area contributed by atoms with Crippen molar-refractivity contribution >= 4 is 28.6 Å². The Hall–Kier alpha value is -3.81. The quantitative estimate of drug-likeness (QED) is 0.701. The molecule has 150 valence electrons. The number of carbonyl (C=O) groups excluding carboxylic acids is 1. The smallest absolute Gasteiger partial charge is 0.302 e. The van der Waals surface area contributed by atoms with Gasteiger partial charge in [0.2, 0.25) is 5.91 Å². The molecule has 1 fully saturated rings. The van der Waals surface area contributed by atoms with Crippen LogP contribution in [0.5, 0.6) is 11.8 Å². The highest BCUT2D eigenvalue weighted by atomic mass is 16.5. The van der Waals surface area contributed by atoms with E-state index in [9.17, 15) is 9.59 Å². The van der Waals surface area contributed by atoms with E-state index in [1.807, 2.05) is 17.0 Å². The highest BCUT2D eigenvalue weighted by molar-refractivity contribution is 6.13. The van der Waals surface area contributed by atoms with Crippen LogP contribution in [0.4, 0.5) is 0 Å². The van der Waals surface area contributed by atoms with Gasteiger partial charge < -0.3 is 15.0 Å². The number of rotatable bonds is 3. The van der Waals surface area contributed by atoms with E-state index in [1.54, 1.807) is 18.2 Å². The monoisotopic (exact) mass is 401 g/mol. The van der Waals surface area contributed by atoms with Crippen molar-refractivity contribution in [2.75, 3.05) is 13.1 Å². The molecule has 1 aliphatic heterocycles. The van der Waals surface area contributed by atoms with Crippen molar-refractivity contribution in [1.29, 1.82) is 5.41 Å². The third-order valence-electron chi connectivity index (χ3n) is 5.42. The Kier molecular flexibility index (Phi) is 4.39. The summed E-state index contributed by atoms with van der Waals surface area (Å²) in [6.07, 6.45) is 7.26. The molecule has 8 nitrogen and oxygen atoms in total. The maximum Gasteiger partial charge on any atom is 0.302 e. The van der Waals surface area contributed by atoms with Crippen molar-refractivity contribution in [3.05, 3.63) is 63.7 Å². The fourth-order valence-electron chi connectivity index (χ4n) is 3.90. The zero-order valence-electron chi connectivity index (χ0n) is 16.1. The zero-order valence-corrected chi connectivity index (χ0v) is 16.1. The molecular formula is C22H19N5O3. The Labute approximate surface area is 171 Å². The van der Waals surface area contributed by atoms with E-state index in [0.29, 0.717) is 39.9 Å².